The molecule has 1 heterocycles. The highest BCUT2D eigenvalue weighted by Crippen LogP contribution is 2.37. The summed E-state index contributed by atoms with van der Waals surface area (Å²) in [6.45, 7) is 0.707. The molecule has 1 aliphatic heterocycles. The molecule has 4 N–H and O–H groups in total. The van der Waals surface area contributed by atoms with Gasteiger partial charge in [0.1, 0.15) is 6.04 Å². The van der Waals surface area contributed by atoms with E-state index in [0.717, 1.165) is 19.3 Å². The van der Waals surface area contributed by atoms with Crippen LogP contribution in [0.15, 0.2) is 0 Å². The third-order valence-electron chi connectivity index (χ3n) is 3.95. The quantitative estimate of drug-likeness (QED) is 0.646. The van der Waals surface area contributed by atoms with Gasteiger partial charge in [0.2, 0.25) is 5.91 Å². The minimum absolute atomic E-state index is 0.0261. The van der Waals surface area contributed by atoms with E-state index in [0.29, 0.717) is 12.5 Å². The van der Waals surface area contributed by atoms with Gasteiger partial charge in [-0.25, -0.2) is 9.59 Å². The zero-order chi connectivity index (χ0) is 14.0. The van der Waals surface area contributed by atoms with E-state index in [1.165, 1.54) is 0 Å². The van der Waals surface area contributed by atoms with Gasteiger partial charge >= 0.3 is 12.0 Å². The predicted molar refractivity (Wildman–Crippen MR) is 66.2 cm³/mol. The normalized spacial score (nSPS) is 26.2. The van der Waals surface area contributed by atoms with Crippen molar-refractivity contribution >= 4 is 17.9 Å². The Balaban J connectivity index is 1.88. The molecule has 1 saturated carbocycles. The molecule has 0 spiro atoms. The molecule has 7 heteroatoms. The molecule has 3 unspecified atom stereocenters. The molecule has 1 aliphatic carbocycles. The number of hydrogen-bond donors (Lipinski definition) is 3. The average molecular weight is 269 g/mol. The summed E-state index contributed by atoms with van der Waals surface area (Å²) in [5.74, 6) is -1.15. The molecule has 0 aromatic rings. The van der Waals surface area contributed by atoms with E-state index in [1.54, 1.807) is 4.90 Å². The van der Waals surface area contributed by atoms with E-state index < -0.39 is 17.9 Å². The largest absolute Gasteiger partial charge is 0.480 e. The van der Waals surface area contributed by atoms with Crippen molar-refractivity contribution in [3.63, 3.8) is 0 Å². The highest BCUT2D eigenvalue weighted by atomic mass is 16.4. The number of rotatable bonds is 5. The van der Waals surface area contributed by atoms with E-state index in [-0.39, 0.29) is 24.9 Å². The van der Waals surface area contributed by atoms with Gasteiger partial charge in [0, 0.05) is 19.0 Å². The topological polar surface area (TPSA) is 113 Å². The fourth-order valence-electron chi connectivity index (χ4n) is 2.95. The van der Waals surface area contributed by atoms with Crippen molar-refractivity contribution in [2.45, 2.75) is 44.2 Å². The number of nitrogens with two attached hydrogens (primary N) is 1. The molecule has 1 saturated heterocycles. The SMILES string of the molecule is NC(=O)CCC(NC(=O)N1CC2CCC1C2)C(=O)O. The number of nitrogens with one attached hydrogen (secondary N) is 1. The maximum Gasteiger partial charge on any atom is 0.326 e. The van der Waals surface area contributed by atoms with Crippen LogP contribution in [0, 0.1) is 5.92 Å². The number of piperidine rings is 1. The summed E-state index contributed by atoms with van der Waals surface area (Å²) in [5, 5.41) is 11.5. The summed E-state index contributed by atoms with van der Waals surface area (Å²) < 4.78 is 0. The number of amides is 3. The van der Waals surface area contributed by atoms with Crippen LogP contribution in [-0.2, 0) is 9.59 Å². The summed E-state index contributed by atoms with van der Waals surface area (Å²) in [6.07, 6.45) is 3.14. The van der Waals surface area contributed by atoms with Crippen molar-refractivity contribution in [2.75, 3.05) is 6.54 Å². The number of primary amides is 1. The van der Waals surface area contributed by atoms with Crippen LogP contribution < -0.4 is 11.1 Å². The van der Waals surface area contributed by atoms with Crippen molar-refractivity contribution in [1.82, 2.24) is 10.2 Å². The first-order chi connectivity index (χ1) is 8.97. The number of hydrogen-bond acceptors (Lipinski definition) is 3. The second-order valence-corrected chi connectivity index (χ2v) is 5.33. The number of nitrogens with zero attached hydrogens (tertiary/aromatic N) is 1. The lowest BCUT2D eigenvalue weighted by molar-refractivity contribution is -0.139. The lowest BCUT2D eigenvalue weighted by atomic mass is 10.1. The molecule has 3 amide bonds. The highest BCUT2D eigenvalue weighted by Gasteiger charge is 2.40. The monoisotopic (exact) mass is 269 g/mol. The number of likely N-dealkylation sites (tertiary alicyclic amines) is 1. The molecule has 2 aliphatic rings. The van der Waals surface area contributed by atoms with Gasteiger partial charge in [-0.05, 0) is 31.6 Å². The second-order valence-electron chi connectivity index (χ2n) is 5.33. The minimum atomic E-state index is -1.14. The Morgan fingerprint density at radius 3 is 2.58 bits per heavy atom. The van der Waals surface area contributed by atoms with Gasteiger partial charge < -0.3 is 21.1 Å². The molecule has 19 heavy (non-hydrogen) atoms. The predicted octanol–water partition coefficient (Wildman–Crippen LogP) is -0.101. The first-order valence-electron chi connectivity index (χ1n) is 6.55. The standard InChI is InChI=1S/C12H19N3O4/c13-10(16)4-3-9(11(17)18)14-12(19)15-6-7-1-2-8(15)5-7/h7-9H,1-6H2,(H2,13,16)(H,14,19)(H,17,18). The van der Waals surface area contributed by atoms with Crippen molar-refractivity contribution in [2.24, 2.45) is 11.7 Å². The Morgan fingerprint density at radius 2 is 2.11 bits per heavy atom. The van der Waals surface area contributed by atoms with Crippen molar-refractivity contribution in [3.05, 3.63) is 0 Å². The smallest absolute Gasteiger partial charge is 0.326 e. The van der Waals surface area contributed by atoms with E-state index >= 15 is 0 Å². The maximum atomic E-state index is 12.0. The van der Waals surface area contributed by atoms with E-state index in [4.69, 9.17) is 10.8 Å². The summed E-state index contributed by atoms with van der Waals surface area (Å²) >= 11 is 0. The molecule has 0 aromatic heterocycles. The van der Waals surface area contributed by atoms with Crippen LogP contribution in [0.2, 0.25) is 0 Å². The molecule has 106 valence electrons. The number of urea groups is 1. The van der Waals surface area contributed by atoms with E-state index in [1.807, 2.05) is 0 Å². The summed E-state index contributed by atoms with van der Waals surface area (Å²) in [4.78, 5) is 35.5. The van der Waals surface area contributed by atoms with Crippen LogP contribution in [0.25, 0.3) is 0 Å². The Labute approximate surface area is 111 Å². The third-order valence-corrected chi connectivity index (χ3v) is 3.95. The first kappa shape index (κ1) is 13.6. The number of fused-ring (bicyclic) bond motifs is 2. The Bertz CT molecular complexity index is 398. The van der Waals surface area contributed by atoms with Crippen molar-refractivity contribution in [1.29, 1.82) is 0 Å². The van der Waals surface area contributed by atoms with Crippen LogP contribution in [-0.4, -0.2) is 46.5 Å². The number of carbonyl (C=O) groups excluding carboxylic acids is 2. The molecule has 2 rings (SSSR count). The van der Waals surface area contributed by atoms with Gasteiger partial charge in [0.25, 0.3) is 0 Å². The molecule has 0 aromatic carbocycles. The highest BCUT2D eigenvalue weighted by molar-refractivity contribution is 5.83. The van der Waals surface area contributed by atoms with Crippen LogP contribution in [0.1, 0.15) is 32.1 Å². The Hall–Kier alpha value is -1.79. The fourth-order valence-corrected chi connectivity index (χ4v) is 2.95. The average Bonchev–Trinajstić information content (AvgIpc) is 2.95. The molecule has 3 atom stereocenters. The van der Waals surface area contributed by atoms with Crippen LogP contribution >= 0.6 is 0 Å². The van der Waals surface area contributed by atoms with E-state index in [2.05, 4.69) is 5.32 Å². The van der Waals surface area contributed by atoms with Gasteiger partial charge in [-0.15, -0.1) is 0 Å². The van der Waals surface area contributed by atoms with Gasteiger partial charge in [-0.1, -0.05) is 0 Å². The maximum absolute atomic E-state index is 12.0. The number of aliphatic carboxylic acids is 1. The Kier molecular flexibility index (Phi) is 3.92. The third kappa shape index (κ3) is 3.15. The fraction of sp³-hybridized carbons (Fsp3) is 0.750. The van der Waals surface area contributed by atoms with Gasteiger partial charge in [0.15, 0.2) is 0 Å². The molecule has 2 fully saturated rings. The van der Waals surface area contributed by atoms with Crippen molar-refractivity contribution in [3.8, 4) is 0 Å². The molecule has 0 radical (unpaired) electrons. The summed E-state index contributed by atoms with van der Waals surface area (Å²) in [7, 11) is 0. The van der Waals surface area contributed by atoms with Crippen molar-refractivity contribution < 1.29 is 19.5 Å². The second kappa shape index (κ2) is 5.46. The lowest BCUT2D eigenvalue weighted by Crippen LogP contribution is -2.50. The van der Waals surface area contributed by atoms with Crippen LogP contribution in [0.4, 0.5) is 4.79 Å². The van der Waals surface area contributed by atoms with Gasteiger partial charge in [0.05, 0.1) is 0 Å². The van der Waals surface area contributed by atoms with Crippen LogP contribution in [0.5, 0.6) is 0 Å². The number of carboxylic acids is 1. The Morgan fingerprint density at radius 1 is 1.37 bits per heavy atom. The zero-order valence-corrected chi connectivity index (χ0v) is 10.7. The molecular formula is C12H19N3O4. The van der Waals surface area contributed by atoms with E-state index in [9.17, 15) is 14.4 Å². The van der Waals surface area contributed by atoms with Gasteiger partial charge in [-0.3, -0.25) is 4.79 Å². The lowest BCUT2D eigenvalue weighted by Gasteiger charge is -2.28. The number of carboxylic acid groups (broad SMARTS) is 1. The summed E-state index contributed by atoms with van der Waals surface area (Å²) in [6, 6.07) is -1.15. The minimum Gasteiger partial charge on any atom is -0.480 e. The van der Waals surface area contributed by atoms with Crippen LogP contribution in [0.3, 0.4) is 0 Å². The first-order valence-corrected chi connectivity index (χ1v) is 6.55. The molecular weight excluding hydrogens is 250 g/mol. The molecule has 2 bridgehead atoms. The zero-order valence-electron chi connectivity index (χ0n) is 10.7. The number of carbonyl (C=O) groups is 3. The molecule has 7 nitrogen and oxygen atoms in total. The van der Waals surface area contributed by atoms with Gasteiger partial charge in [-0.2, -0.15) is 0 Å². The summed E-state index contributed by atoms with van der Waals surface area (Å²) in [5.41, 5.74) is 4.99.